The highest BCUT2D eigenvalue weighted by Crippen LogP contribution is 2.25. The molecule has 0 aromatic rings. The van der Waals surface area contributed by atoms with E-state index >= 15 is 0 Å². The van der Waals surface area contributed by atoms with Crippen molar-refractivity contribution in [1.82, 2.24) is 5.32 Å². The van der Waals surface area contributed by atoms with E-state index in [2.05, 4.69) is 19.2 Å². The first-order valence-corrected chi connectivity index (χ1v) is 4.44. The second-order valence-corrected chi connectivity index (χ2v) is 3.85. The summed E-state index contributed by atoms with van der Waals surface area (Å²) < 4.78 is 5.16. The third-order valence-corrected chi connectivity index (χ3v) is 2.60. The first kappa shape index (κ1) is 9.01. The van der Waals surface area contributed by atoms with Crippen LogP contribution in [0.15, 0.2) is 0 Å². The minimum Gasteiger partial charge on any atom is -0.383 e. The summed E-state index contributed by atoms with van der Waals surface area (Å²) in [7, 11) is 1.77. The minimum atomic E-state index is 0.245. The number of hydrogen-bond acceptors (Lipinski definition) is 2. The number of rotatable bonds is 3. The van der Waals surface area contributed by atoms with Crippen molar-refractivity contribution in [3.8, 4) is 0 Å². The van der Waals surface area contributed by atoms with Crippen molar-refractivity contribution in [3.05, 3.63) is 0 Å². The van der Waals surface area contributed by atoms with Crippen LogP contribution < -0.4 is 5.32 Å². The molecule has 0 radical (unpaired) electrons. The van der Waals surface area contributed by atoms with Crippen LogP contribution in [0.1, 0.15) is 26.7 Å². The molecular formula is C9H19NO. The fraction of sp³-hybridized carbons (Fsp3) is 1.00. The van der Waals surface area contributed by atoms with E-state index in [9.17, 15) is 0 Å². The maximum Gasteiger partial charge on any atom is 0.0641 e. The van der Waals surface area contributed by atoms with Gasteiger partial charge in [0.2, 0.25) is 0 Å². The van der Waals surface area contributed by atoms with Crippen LogP contribution in [0.2, 0.25) is 0 Å². The van der Waals surface area contributed by atoms with E-state index in [1.54, 1.807) is 7.11 Å². The lowest BCUT2D eigenvalue weighted by Gasteiger charge is -2.23. The van der Waals surface area contributed by atoms with Crippen molar-refractivity contribution in [2.75, 3.05) is 20.3 Å². The Morgan fingerprint density at radius 2 is 2.36 bits per heavy atom. The summed E-state index contributed by atoms with van der Waals surface area (Å²) >= 11 is 0. The van der Waals surface area contributed by atoms with Gasteiger partial charge in [0.25, 0.3) is 0 Å². The van der Waals surface area contributed by atoms with Gasteiger partial charge in [-0.1, -0.05) is 13.3 Å². The zero-order valence-electron chi connectivity index (χ0n) is 7.81. The van der Waals surface area contributed by atoms with Crippen molar-refractivity contribution in [2.45, 2.75) is 32.2 Å². The van der Waals surface area contributed by atoms with Gasteiger partial charge in [-0.25, -0.2) is 0 Å². The van der Waals surface area contributed by atoms with Crippen LogP contribution >= 0.6 is 0 Å². The second-order valence-electron chi connectivity index (χ2n) is 3.85. The molecule has 0 spiro atoms. The largest absolute Gasteiger partial charge is 0.383 e. The number of methoxy groups -OCH3 is 1. The molecule has 2 atom stereocenters. The lowest BCUT2D eigenvalue weighted by Crippen LogP contribution is -2.40. The normalized spacial score (nSPS) is 37.9. The number of nitrogens with one attached hydrogen (secondary N) is 1. The monoisotopic (exact) mass is 157 g/mol. The van der Waals surface area contributed by atoms with Crippen LogP contribution in [0.5, 0.6) is 0 Å². The molecule has 66 valence electrons. The fourth-order valence-electron chi connectivity index (χ4n) is 1.89. The Bertz CT molecular complexity index is 127. The Hall–Kier alpha value is -0.0800. The van der Waals surface area contributed by atoms with Gasteiger partial charge in [0.15, 0.2) is 0 Å². The van der Waals surface area contributed by atoms with E-state index in [4.69, 9.17) is 4.74 Å². The van der Waals surface area contributed by atoms with Gasteiger partial charge >= 0.3 is 0 Å². The van der Waals surface area contributed by atoms with Crippen LogP contribution in [-0.4, -0.2) is 25.8 Å². The lowest BCUT2D eigenvalue weighted by atomic mass is 9.94. The van der Waals surface area contributed by atoms with Gasteiger partial charge in [-0.3, -0.25) is 0 Å². The van der Waals surface area contributed by atoms with Crippen LogP contribution in [0.4, 0.5) is 0 Å². The highest BCUT2D eigenvalue weighted by Gasteiger charge is 2.33. The summed E-state index contributed by atoms with van der Waals surface area (Å²) in [6, 6.07) is 0. The molecule has 1 fully saturated rings. The molecule has 1 aliphatic heterocycles. The molecular weight excluding hydrogens is 138 g/mol. The summed E-state index contributed by atoms with van der Waals surface area (Å²) in [5.74, 6) is 0.857. The van der Waals surface area contributed by atoms with Gasteiger partial charge in [0.05, 0.1) is 6.61 Å². The van der Waals surface area contributed by atoms with Gasteiger partial charge in [0, 0.05) is 12.6 Å². The number of ether oxygens (including phenoxy) is 1. The molecule has 11 heavy (non-hydrogen) atoms. The molecule has 1 N–H and O–H groups in total. The van der Waals surface area contributed by atoms with E-state index in [0.29, 0.717) is 0 Å². The van der Waals surface area contributed by atoms with E-state index < -0.39 is 0 Å². The van der Waals surface area contributed by atoms with Gasteiger partial charge in [-0.2, -0.15) is 0 Å². The van der Waals surface area contributed by atoms with Crippen molar-refractivity contribution < 1.29 is 4.74 Å². The Balaban J connectivity index is 2.37. The summed E-state index contributed by atoms with van der Waals surface area (Å²) in [5, 5.41) is 3.51. The van der Waals surface area contributed by atoms with Crippen molar-refractivity contribution in [3.63, 3.8) is 0 Å². The van der Waals surface area contributed by atoms with Gasteiger partial charge in [0.1, 0.15) is 0 Å². The van der Waals surface area contributed by atoms with Crippen molar-refractivity contribution in [2.24, 2.45) is 5.92 Å². The third-order valence-electron chi connectivity index (χ3n) is 2.60. The average Bonchev–Trinajstić information content (AvgIpc) is 2.33. The standard InChI is InChI=1S/C9H19NO/c1-4-8-5-9(2,7-11-3)10-6-8/h8,10H,4-7H2,1-3H3. The Morgan fingerprint density at radius 3 is 2.82 bits per heavy atom. The molecule has 1 heterocycles. The first-order chi connectivity index (χ1) is 5.20. The van der Waals surface area contributed by atoms with Crippen molar-refractivity contribution in [1.29, 1.82) is 0 Å². The fourth-order valence-corrected chi connectivity index (χ4v) is 1.89. The smallest absolute Gasteiger partial charge is 0.0641 e. The quantitative estimate of drug-likeness (QED) is 0.669. The van der Waals surface area contributed by atoms with Crippen molar-refractivity contribution >= 4 is 0 Å². The molecule has 0 aromatic heterocycles. The van der Waals surface area contributed by atoms with Crippen LogP contribution in [0.25, 0.3) is 0 Å². The molecule has 0 amide bonds. The predicted octanol–water partition coefficient (Wildman–Crippen LogP) is 1.41. The lowest BCUT2D eigenvalue weighted by molar-refractivity contribution is 0.128. The zero-order valence-corrected chi connectivity index (χ0v) is 7.81. The number of hydrogen-bond donors (Lipinski definition) is 1. The summed E-state index contributed by atoms with van der Waals surface area (Å²) in [6.07, 6.45) is 2.55. The minimum absolute atomic E-state index is 0.245. The highest BCUT2D eigenvalue weighted by atomic mass is 16.5. The van der Waals surface area contributed by atoms with E-state index in [0.717, 1.165) is 19.1 Å². The Labute approximate surface area is 69.3 Å². The van der Waals surface area contributed by atoms with Gasteiger partial charge in [-0.05, 0) is 25.8 Å². The Morgan fingerprint density at radius 1 is 1.64 bits per heavy atom. The highest BCUT2D eigenvalue weighted by molar-refractivity contribution is 4.92. The molecule has 0 aromatic carbocycles. The topological polar surface area (TPSA) is 21.3 Å². The molecule has 2 unspecified atom stereocenters. The molecule has 1 rings (SSSR count). The Kier molecular flexibility index (Phi) is 2.90. The maximum atomic E-state index is 5.16. The van der Waals surface area contributed by atoms with Gasteiger partial charge in [-0.15, -0.1) is 0 Å². The zero-order chi connectivity index (χ0) is 8.32. The summed E-state index contributed by atoms with van der Waals surface area (Å²) in [4.78, 5) is 0. The molecule has 0 bridgehead atoms. The van der Waals surface area contributed by atoms with E-state index in [-0.39, 0.29) is 5.54 Å². The molecule has 2 heteroatoms. The maximum absolute atomic E-state index is 5.16. The molecule has 1 aliphatic rings. The van der Waals surface area contributed by atoms with Gasteiger partial charge < -0.3 is 10.1 Å². The average molecular weight is 157 g/mol. The molecule has 2 nitrogen and oxygen atoms in total. The first-order valence-electron chi connectivity index (χ1n) is 4.44. The van der Waals surface area contributed by atoms with Crippen LogP contribution in [-0.2, 0) is 4.74 Å². The van der Waals surface area contributed by atoms with E-state index in [1.807, 2.05) is 0 Å². The van der Waals surface area contributed by atoms with Crippen LogP contribution in [0.3, 0.4) is 0 Å². The summed E-state index contributed by atoms with van der Waals surface area (Å²) in [5.41, 5.74) is 0.245. The molecule has 0 aliphatic carbocycles. The van der Waals surface area contributed by atoms with E-state index in [1.165, 1.54) is 12.8 Å². The summed E-state index contributed by atoms with van der Waals surface area (Å²) in [6.45, 7) is 6.50. The molecule has 0 saturated carbocycles. The third kappa shape index (κ3) is 2.17. The second kappa shape index (κ2) is 3.55. The predicted molar refractivity (Wildman–Crippen MR) is 46.7 cm³/mol. The molecule has 1 saturated heterocycles. The SMILES string of the molecule is CCC1CNC(C)(COC)C1. The van der Waals surface area contributed by atoms with Crippen LogP contribution in [0, 0.1) is 5.92 Å².